The number of hydrogen-bond acceptors (Lipinski definition) is 1. The first-order chi connectivity index (χ1) is 5.85. The van der Waals surface area contributed by atoms with Crippen molar-refractivity contribution in [2.45, 2.75) is 46.7 Å². The number of hydrogen-bond donors (Lipinski definition) is 0. The van der Waals surface area contributed by atoms with Crippen molar-refractivity contribution in [3.63, 3.8) is 0 Å². The van der Waals surface area contributed by atoms with E-state index in [-0.39, 0.29) is 43.8 Å². The van der Waals surface area contributed by atoms with E-state index in [0.29, 0.717) is 5.16 Å². The molecule has 0 aromatic carbocycles. The van der Waals surface area contributed by atoms with Gasteiger partial charge in [-0.2, -0.15) is 5.41 Å². The van der Waals surface area contributed by atoms with Crippen LogP contribution in [-0.4, -0.2) is 23.9 Å². The second-order valence-electron chi connectivity index (χ2n) is 6.01. The van der Waals surface area contributed by atoms with Crippen molar-refractivity contribution in [1.82, 2.24) is 4.67 Å². The van der Waals surface area contributed by atoms with Crippen LogP contribution >= 0.6 is 5.71 Å². The summed E-state index contributed by atoms with van der Waals surface area (Å²) in [4.78, 5) is 0. The molecule has 0 aromatic heterocycles. The third-order valence-electron chi connectivity index (χ3n) is 1.05. The minimum atomic E-state index is -0.206. The average Bonchev–Trinajstić information content (AvgIpc) is 1.79. The van der Waals surface area contributed by atoms with Gasteiger partial charge in [0.25, 0.3) is 0 Å². The fraction of sp³-hybridized carbons (Fsp3) is 0.909. The molecule has 4 heteroatoms. The largest absolute Gasteiger partial charge is 0.338 e. The van der Waals surface area contributed by atoms with Crippen molar-refractivity contribution < 1.29 is 51.5 Å². The van der Waals surface area contributed by atoms with E-state index in [2.05, 4.69) is 67.2 Å². The van der Waals surface area contributed by atoms with Crippen LogP contribution in [0.25, 0.3) is 0 Å². The predicted octanol–water partition coefficient (Wildman–Crippen LogP) is 3.80. The van der Waals surface area contributed by atoms with Gasteiger partial charge in [0.1, 0.15) is 0 Å². The van der Waals surface area contributed by atoms with Crippen molar-refractivity contribution in [3.05, 3.63) is 6.92 Å². The van der Waals surface area contributed by atoms with Crippen LogP contribution in [-0.2, 0) is 51.5 Å². The summed E-state index contributed by atoms with van der Waals surface area (Å²) in [6.07, 6.45) is 0. The van der Waals surface area contributed by atoms with Gasteiger partial charge in [0.05, 0.1) is 0 Å². The molecule has 1 atom stereocenters. The molecule has 1 nitrogen and oxygen atoms in total. The van der Waals surface area contributed by atoms with E-state index in [1.54, 1.807) is 18.8 Å². The third-order valence-corrected chi connectivity index (χ3v) is 13.7. The van der Waals surface area contributed by atoms with Crippen LogP contribution in [0.4, 0.5) is 0 Å². The van der Waals surface area contributed by atoms with Gasteiger partial charge in [-0.15, -0.1) is 0 Å². The van der Waals surface area contributed by atoms with Gasteiger partial charge in [-0.3, -0.25) is 0 Å². The molecule has 0 bridgehead atoms. The van der Waals surface area contributed by atoms with Crippen LogP contribution in [0.3, 0.4) is 0 Å². The minimum absolute atomic E-state index is 0. The van der Waals surface area contributed by atoms with E-state index >= 15 is 0 Å². The van der Waals surface area contributed by atoms with Gasteiger partial charge in [-0.1, -0.05) is 20.8 Å². The molecule has 0 aliphatic heterocycles. The Bertz CT molecular complexity index is 174. The SMILES string of the molecule is CN(C)[PH](=[W])C(C)(C)C.[CH2-]C(C)(C)C.[Y]. The van der Waals surface area contributed by atoms with E-state index in [0.717, 1.165) is 0 Å². The maximum absolute atomic E-state index is 3.77. The minimum Gasteiger partial charge on any atom is -0.338 e. The molecule has 0 heterocycles. The summed E-state index contributed by atoms with van der Waals surface area (Å²) < 4.78 is 2.39. The van der Waals surface area contributed by atoms with E-state index in [1.165, 1.54) is 0 Å². The molecule has 0 saturated heterocycles. The normalized spacial score (nSPS) is 13.7. The Morgan fingerprint density at radius 1 is 1.00 bits per heavy atom. The Kier molecular flexibility index (Phi) is 13.7. The average molecular weight is 477 g/mol. The number of rotatable bonds is 1. The smallest absolute Gasteiger partial charge is 0 e. The van der Waals surface area contributed by atoms with Crippen LogP contribution in [0.15, 0.2) is 0 Å². The molecular weight excluding hydrogens is 450 g/mol. The summed E-state index contributed by atoms with van der Waals surface area (Å²) in [6, 6.07) is 0. The summed E-state index contributed by atoms with van der Waals surface area (Å²) in [5.74, 6) is 0. The summed E-state index contributed by atoms with van der Waals surface area (Å²) in [7, 11) is 4.37. The first-order valence-corrected chi connectivity index (χ1v) is 10.7. The van der Waals surface area contributed by atoms with E-state index in [1.807, 2.05) is 0 Å². The maximum Gasteiger partial charge on any atom is 0 e. The molecule has 1 radical (unpaired) electrons. The Hall–Kier alpha value is 2.18. The molecule has 0 amide bonds. The molecule has 0 spiro atoms. The molecule has 15 heavy (non-hydrogen) atoms. The van der Waals surface area contributed by atoms with Crippen molar-refractivity contribution in [1.29, 1.82) is 0 Å². The second kappa shape index (κ2) is 9.16. The monoisotopic (exact) mass is 477 g/mol. The molecule has 1 unspecified atom stereocenters. The molecular formula is C11H27NPWY-. The first kappa shape index (κ1) is 22.4. The Balaban J connectivity index is -0.000000208. The van der Waals surface area contributed by atoms with E-state index in [9.17, 15) is 0 Å². The fourth-order valence-corrected chi connectivity index (χ4v) is 2.01. The Morgan fingerprint density at radius 3 is 1.20 bits per heavy atom. The molecule has 0 fully saturated rings. The summed E-state index contributed by atoms with van der Waals surface area (Å²) in [5, 5.41) is 0.545. The molecule has 0 rings (SSSR count). The van der Waals surface area contributed by atoms with Crippen LogP contribution < -0.4 is 0 Å². The van der Waals surface area contributed by atoms with Crippen LogP contribution in [0.5, 0.6) is 0 Å². The van der Waals surface area contributed by atoms with Gasteiger partial charge >= 0.3 is 69.2 Å². The molecule has 91 valence electrons. The van der Waals surface area contributed by atoms with Gasteiger partial charge in [0, 0.05) is 32.7 Å². The zero-order valence-electron chi connectivity index (χ0n) is 11.6. The Morgan fingerprint density at radius 2 is 1.20 bits per heavy atom. The van der Waals surface area contributed by atoms with Gasteiger partial charge in [-0.25, -0.2) is 0 Å². The first-order valence-electron chi connectivity index (χ1n) is 4.93. The van der Waals surface area contributed by atoms with Gasteiger partial charge < -0.3 is 6.92 Å². The van der Waals surface area contributed by atoms with Crippen LogP contribution in [0.1, 0.15) is 41.5 Å². The Labute approximate surface area is 134 Å². The maximum atomic E-state index is 3.77. The number of nitrogens with zero attached hydrogens (tertiary/aromatic N) is 1. The molecule has 0 aliphatic carbocycles. The van der Waals surface area contributed by atoms with Gasteiger partial charge in [0.2, 0.25) is 0 Å². The molecule has 0 N–H and O–H groups in total. The van der Waals surface area contributed by atoms with Gasteiger partial charge in [-0.05, 0) is 0 Å². The standard InChI is InChI=1S/C6H16NP.C5H11.W.Y/c1-6(2,3)8-7(4)5;1-5(2,3)4;;/h8H,1-5H3;1H2,2-4H3;;/q;-1;;. The van der Waals surface area contributed by atoms with Crippen LogP contribution in [0, 0.1) is 12.3 Å². The third kappa shape index (κ3) is 21.9. The molecule has 0 aliphatic rings. The quantitative estimate of drug-likeness (QED) is 0.411. The van der Waals surface area contributed by atoms with Crippen molar-refractivity contribution in [2.75, 3.05) is 14.1 Å². The van der Waals surface area contributed by atoms with Crippen molar-refractivity contribution >= 4 is 5.71 Å². The van der Waals surface area contributed by atoms with E-state index < -0.39 is 0 Å². The van der Waals surface area contributed by atoms with Gasteiger partial charge in [0.15, 0.2) is 0 Å². The summed E-state index contributed by atoms with van der Waals surface area (Å²) in [5.41, 5.74) is 0.0445. The van der Waals surface area contributed by atoms with Crippen molar-refractivity contribution in [3.8, 4) is 0 Å². The molecule has 0 saturated carbocycles. The zero-order chi connectivity index (χ0) is 12.2. The van der Waals surface area contributed by atoms with E-state index in [4.69, 9.17) is 0 Å². The summed E-state index contributed by atoms with van der Waals surface area (Å²) in [6.45, 7) is 17.0. The predicted molar refractivity (Wildman–Crippen MR) is 66.6 cm³/mol. The fourth-order valence-electron chi connectivity index (χ4n) is 0.671. The zero-order valence-corrected chi connectivity index (χ0v) is 18.4. The van der Waals surface area contributed by atoms with Crippen molar-refractivity contribution in [2.24, 2.45) is 5.41 Å². The summed E-state index contributed by atoms with van der Waals surface area (Å²) >= 11 is 1.76. The second-order valence-corrected chi connectivity index (χ2v) is 13.2. The topological polar surface area (TPSA) is 3.24 Å². The van der Waals surface area contributed by atoms with Crippen LogP contribution in [0.2, 0.25) is 0 Å². The molecule has 0 aromatic rings.